The molecule has 5 unspecified atom stereocenters. The van der Waals surface area contributed by atoms with Crippen LogP contribution in [0.4, 0.5) is 14.4 Å². The third-order valence-electron chi connectivity index (χ3n) is 25.3. The molecule has 1 fully saturated rings. The molecule has 5 N–H and O–H groups in total. The van der Waals surface area contributed by atoms with Crippen molar-refractivity contribution in [1.29, 1.82) is 0 Å². The molecule has 28 heteroatoms. The molecule has 4 aromatic heterocycles. The van der Waals surface area contributed by atoms with Crippen molar-refractivity contribution in [3.8, 4) is 28.4 Å². The lowest BCUT2D eigenvalue weighted by Crippen LogP contribution is -2.41. The second-order valence-electron chi connectivity index (χ2n) is 36.0. The Bertz CT molecular complexity index is 6580. The van der Waals surface area contributed by atoms with E-state index in [4.69, 9.17) is 84.3 Å². The molecular weight excluding hydrogens is 1810 g/mol. The van der Waals surface area contributed by atoms with Gasteiger partial charge in [0.2, 0.25) is 0 Å². The summed E-state index contributed by atoms with van der Waals surface area (Å²) in [5.74, 6) is 1.63. The highest BCUT2D eigenvalue weighted by Gasteiger charge is 2.41. The number of carbonyl (C=O) groups excluding carboxylic acids is 5. The van der Waals surface area contributed by atoms with Crippen LogP contribution in [0.2, 0.25) is 20.1 Å². The van der Waals surface area contributed by atoms with Crippen molar-refractivity contribution in [1.82, 2.24) is 54.7 Å². The predicted molar refractivity (Wildman–Crippen MR) is 541 cm³/mol. The molecule has 14 aromatic rings. The van der Waals surface area contributed by atoms with E-state index in [0.717, 1.165) is 168 Å². The van der Waals surface area contributed by atoms with Gasteiger partial charge in [0.05, 0.1) is 52.3 Å². The number of nitrogens with zero attached hydrogens (tertiary/aromatic N) is 6. The number of hydrogen-bond donors (Lipinski definition) is 5. The Morgan fingerprint density at radius 1 is 0.445 bits per heavy atom. The van der Waals surface area contributed by atoms with Crippen molar-refractivity contribution < 1.29 is 61.9 Å². The zero-order valence-corrected chi connectivity index (χ0v) is 82.1. The largest absolute Gasteiger partial charge is 0.497 e. The Hall–Kier alpha value is -12.5. The SMILES string of the molecule is CC(C)OC(=O)N1CCc2c([nH]c3ccc(Cl)cc23)C1c1ccc(OCCCN(C)C)cc1.CCOC(=O)N1CCc2c([nH]c3ccc(Cl)cc23)C1c1ccc(C(=O)NCC2COC(C)(C)O2)cc1.CCOC(=O)N1CCc2c([nH]c3ccc(Cl)cc23)C1c1ccc(OCCCN(C)C)cc1.COc1ccc(C2c3[nH]c4ccc(Cl)cc4c3CCN2C(=O)c2ccc(-c3ccccc3)cc2)cc1. The zero-order valence-electron chi connectivity index (χ0n) is 79.1. The Balaban J connectivity index is 0.000000132. The highest BCUT2D eigenvalue weighted by molar-refractivity contribution is 6.32. The number of halogens is 4. The summed E-state index contributed by atoms with van der Waals surface area (Å²) in [5.41, 5.74) is 20.2. The molecule has 137 heavy (non-hydrogen) atoms. The minimum atomic E-state index is -0.630. The Kier molecular flexibility index (Phi) is 31.3. The number of aromatic nitrogens is 4. The van der Waals surface area contributed by atoms with Gasteiger partial charge in [-0.05, 0) is 297 Å². The van der Waals surface area contributed by atoms with E-state index >= 15 is 0 Å². The van der Waals surface area contributed by atoms with E-state index in [9.17, 15) is 24.0 Å². The van der Waals surface area contributed by atoms with Gasteiger partial charge in [0.1, 0.15) is 41.5 Å². The molecule has 0 saturated carbocycles. The van der Waals surface area contributed by atoms with Crippen LogP contribution in [-0.2, 0) is 49.4 Å². The number of aromatic amines is 4. The quantitative estimate of drug-likeness (QED) is 0.0295. The molecule has 1 saturated heterocycles. The molecule has 0 bridgehead atoms. The first kappa shape index (κ1) is 97.6. The van der Waals surface area contributed by atoms with E-state index in [0.29, 0.717) is 103 Å². The van der Waals surface area contributed by atoms with Crippen molar-refractivity contribution in [2.45, 2.75) is 122 Å². The molecule has 5 atom stereocenters. The highest BCUT2D eigenvalue weighted by atomic mass is 35.5. The normalized spacial score (nSPS) is 16.9. The van der Waals surface area contributed by atoms with Crippen LogP contribution in [0.1, 0.15) is 167 Å². The minimum absolute atomic E-state index is 0.0118. The highest BCUT2D eigenvalue weighted by Crippen LogP contribution is 2.46. The van der Waals surface area contributed by atoms with Crippen LogP contribution in [0.5, 0.6) is 17.2 Å². The average Bonchev–Trinajstić information content (AvgIpc) is 1.63. The molecule has 5 amide bonds. The molecule has 9 heterocycles. The van der Waals surface area contributed by atoms with Gasteiger partial charge in [0, 0.05) is 143 Å². The molecule has 0 aliphatic carbocycles. The fourth-order valence-corrected chi connectivity index (χ4v) is 19.6. The monoisotopic (exact) mass is 1930 g/mol. The lowest BCUT2D eigenvalue weighted by atomic mass is 9.91. The molecule has 19 rings (SSSR count). The zero-order chi connectivity index (χ0) is 96.3. The fourth-order valence-electron chi connectivity index (χ4n) is 18.9. The summed E-state index contributed by atoms with van der Waals surface area (Å²) in [7, 11) is 9.88. The summed E-state index contributed by atoms with van der Waals surface area (Å²) >= 11 is 25.1. The van der Waals surface area contributed by atoms with Gasteiger partial charge in [0.25, 0.3) is 11.8 Å². The number of fused-ring (bicyclic) bond motifs is 12. The van der Waals surface area contributed by atoms with Gasteiger partial charge in [-0.2, -0.15) is 0 Å². The third-order valence-corrected chi connectivity index (χ3v) is 26.3. The number of H-pyrrole nitrogens is 4. The topological polar surface area (TPSA) is 254 Å². The first-order valence-corrected chi connectivity index (χ1v) is 48.3. The Morgan fingerprint density at radius 3 is 1.15 bits per heavy atom. The molecule has 24 nitrogen and oxygen atoms in total. The molecule has 0 spiro atoms. The first-order valence-electron chi connectivity index (χ1n) is 46.8. The number of rotatable bonds is 23. The van der Waals surface area contributed by atoms with Crippen molar-refractivity contribution in [2.75, 3.05) is 114 Å². The van der Waals surface area contributed by atoms with Gasteiger partial charge < -0.3 is 77.8 Å². The minimum Gasteiger partial charge on any atom is -0.497 e. The third kappa shape index (κ3) is 22.7. The number of ether oxygens (including phenoxy) is 8. The average molecular weight is 1930 g/mol. The van der Waals surface area contributed by atoms with E-state index in [2.05, 4.69) is 75.4 Å². The summed E-state index contributed by atoms with van der Waals surface area (Å²) in [5, 5.41) is 10.1. The summed E-state index contributed by atoms with van der Waals surface area (Å²) < 4.78 is 44.8. The molecule has 10 aromatic carbocycles. The fraction of sp³-hybridized carbons (Fsp3) is 0.330. The van der Waals surface area contributed by atoms with Crippen LogP contribution in [0.3, 0.4) is 0 Å². The second kappa shape index (κ2) is 43.9. The summed E-state index contributed by atoms with van der Waals surface area (Å²) in [4.78, 5) is 91.1. The van der Waals surface area contributed by atoms with Crippen LogP contribution in [0.15, 0.2) is 224 Å². The number of hydrogen-bond acceptors (Lipinski definition) is 15. The van der Waals surface area contributed by atoms with E-state index in [1.807, 2.05) is 245 Å². The van der Waals surface area contributed by atoms with E-state index < -0.39 is 5.79 Å². The Labute approximate surface area is 818 Å². The van der Waals surface area contributed by atoms with Gasteiger partial charge in [-0.25, -0.2) is 14.4 Å². The number of methoxy groups -OCH3 is 1. The number of amides is 5. The van der Waals surface area contributed by atoms with Crippen LogP contribution in [0.25, 0.3) is 54.7 Å². The summed E-state index contributed by atoms with van der Waals surface area (Å²) in [6.45, 7) is 18.1. The molecule has 714 valence electrons. The van der Waals surface area contributed by atoms with Gasteiger partial charge in [-0.3, -0.25) is 24.3 Å². The molecular formula is C109H117Cl4N11O13. The second-order valence-corrected chi connectivity index (χ2v) is 37.7. The maximum atomic E-state index is 13.9. The predicted octanol–water partition coefficient (Wildman–Crippen LogP) is 23.0. The van der Waals surface area contributed by atoms with Crippen molar-refractivity contribution in [2.24, 2.45) is 0 Å². The summed E-state index contributed by atoms with van der Waals surface area (Å²) in [6.07, 6.45) is 3.54. The van der Waals surface area contributed by atoms with Crippen molar-refractivity contribution >= 4 is 120 Å². The van der Waals surface area contributed by atoms with Crippen LogP contribution in [0, 0.1) is 0 Å². The van der Waals surface area contributed by atoms with Crippen LogP contribution >= 0.6 is 46.4 Å². The standard InChI is InChI=1S/C31H25ClN2O2.C27H30ClN3O5.C26H32ClN3O3.C25H30ClN3O3/c1-36-25-14-11-22(12-15-25)30-29-26(27-19-24(32)13-16-28(27)33-29)17-18-34(30)31(35)23-9-7-21(8-10-23)20-5-3-2-4-6-20;1-4-34-26(33)31-12-11-20-21-13-18(28)9-10-22(21)30-23(20)24(31)16-5-7-17(8-6-16)25(32)29-14-19-15-35-27(2,3)36-19;1-17(2)33-26(31)30-14-12-21-22-16-19(27)8-11-23(22)28-24(21)25(30)18-6-9-20(10-7-18)32-15-5-13-29(3)4;1-4-31-25(30)29-14-12-20-21-16-18(26)8-11-22(21)27-23(20)24(29)17-6-9-19(10-7-17)32-15-5-13-28(2)3/h2-16,19,30,33H,17-18H2,1H3;5-10,13,19,24,30H,4,11-12,14-15H2,1-3H3,(H,29,32);6-11,16-17,25,28H,5,12-15H2,1-4H3;6-11,16,24,27H,4-5,12-15H2,1-3H3. The van der Waals surface area contributed by atoms with E-state index in [1.165, 1.54) is 16.7 Å². The number of nitrogens with one attached hydrogen (secondary N) is 5. The molecule has 5 aliphatic heterocycles. The number of carbonyl (C=O) groups is 5. The smallest absolute Gasteiger partial charge is 0.410 e. The van der Waals surface area contributed by atoms with Gasteiger partial charge >= 0.3 is 18.3 Å². The van der Waals surface area contributed by atoms with Crippen molar-refractivity contribution in [3.63, 3.8) is 0 Å². The van der Waals surface area contributed by atoms with Gasteiger partial charge in [-0.15, -0.1) is 0 Å². The van der Waals surface area contributed by atoms with Crippen LogP contribution < -0.4 is 19.5 Å². The van der Waals surface area contributed by atoms with Crippen LogP contribution in [-0.4, -0.2) is 212 Å². The lowest BCUT2D eigenvalue weighted by molar-refractivity contribution is -0.137. The van der Waals surface area contributed by atoms with E-state index in [1.54, 1.807) is 36.0 Å². The summed E-state index contributed by atoms with van der Waals surface area (Å²) in [6, 6.07) is 71.7. The number of benzene rings is 10. The molecule has 0 radical (unpaired) electrons. The maximum absolute atomic E-state index is 13.9. The maximum Gasteiger partial charge on any atom is 0.410 e. The Morgan fingerprint density at radius 2 is 0.796 bits per heavy atom. The van der Waals surface area contributed by atoms with Gasteiger partial charge in [-0.1, -0.05) is 137 Å². The first-order chi connectivity index (χ1) is 66.2. The van der Waals surface area contributed by atoms with E-state index in [-0.39, 0.29) is 66.5 Å². The van der Waals surface area contributed by atoms with Crippen molar-refractivity contribution in [3.05, 3.63) is 323 Å². The molecule has 5 aliphatic rings. The lowest BCUT2D eigenvalue weighted by Gasteiger charge is -2.36. The van der Waals surface area contributed by atoms with Gasteiger partial charge in [0.15, 0.2) is 5.79 Å².